The van der Waals surface area contributed by atoms with Crippen molar-refractivity contribution in [1.82, 2.24) is 14.5 Å². The molecule has 1 saturated carbocycles. The maximum absolute atomic E-state index is 13.8. The highest BCUT2D eigenvalue weighted by molar-refractivity contribution is 5.81. The van der Waals surface area contributed by atoms with Crippen molar-refractivity contribution >= 4 is 16.8 Å². The molecule has 6 heteroatoms. The number of carbonyl (C=O) groups is 1. The quantitative estimate of drug-likeness (QED) is 0.298. The standard InChI is InChI=1S/C31H33N3O3/c1-3-37-26-18-16-25(17-19-26)34-29(32-28-15-8-7-14-27(28)31(34)36)22(2)33(30(35)24-12-9-13-24)21-20-23-10-5-4-6-11-23/h4-8,10-11,14-19,22,24H,3,9,12-13,20-21H2,1-2H3. The average molecular weight is 496 g/mol. The average Bonchev–Trinajstić information content (AvgIpc) is 2.89. The third kappa shape index (κ3) is 5.15. The largest absolute Gasteiger partial charge is 0.494 e. The van der Waals surface area contributed by atoms with Gasteiger partial charge in [-0.1, -0.05) is 48.9 Å². The van der Waals surface area contributed by atoms with Crippen LogP contribution in [-0.4, -0.2) is 33.5 Å². The first kappa shape index (κ1) is 24.8. The summed E-state index contributed by atoms with van der Waals surface area (Å²) < 4.78 is 7.27. The lowest BCUT2D eigenvalue weighted by Crippen LogP contribution is -2.43. The minimum atomic E-state index is -0.388. The van der Waals surface area contributed by atoms with E-state index in [4.69, 9.17) is 9.72 Å². The fourth-order valence-electron chi connectivity index (χ4n) is 4.96. The Hall–Kier alpha value is -3.93. The van der Waals surface area contributed by atoms with E-state index >= 15 is 0 Å². The number of para-hydroxylation sites is 1. The van der Waals surface area contributed by atoms with Crippen LogP contribution in [0.5, 0.6) is 5.75 Å². The van der Waals surface area contributed by atoms with Crippen LogP contribution in [0.15, 0.2) is 83.7 Å². The molecule has 1 atom stereocenters. The molecule has 1 fully saturated rings. The number of benzene rings is 3. The lowest BCUT2D eigenvalue weighted by molar-refractivity contribution is -0.140. The summed E-state index contributed by atoms with van der Waals surface area (Å²) in [5, 5.41) is 0.550. The summed E-state index contributed by atoms with van der Waals surface area (Å²) in [5.74, 6) is 1.50. The van der Waals surface area contributed by atoms with Crippen LogP contribution in [0.2, 0.25) is 0 Å². The molecule has 0 saturated heterocycles. The fraction of sp³-hybridized carbons (Fsp3) is 0.323. The number of aromatic nitrogens is 2. The lowest BCUT2D eigenvalue weighted by Gasteiger charge is -2.36. The van der Waals surface area contributed by atoms with Crippen molar-refractivity contribution in [2.45, 2.75) is 45.6 Å². The Kier molecular flexibility index (Phi) is 7.35. The molecule has 3 aromatic carbocycles. The first-order valence-electron chi connectivity index (χ1n) is 13.2. The molecule has 0 N–H and O–H groups in total. The summed E-state index contributed by atoms with van der Waals surface area (Å²) in [7, 11) is 0. The summed E-state index contributed by atoms with van der Waals surface area (Å²) in [6, 6.07) is 24.7. The van der Waals surface area contributed by atoms with Crippen molar-refractivity contribution in [3.8, 4) is 11.4 Å². The number of hydrogen-bond donors (Lipinski definition) is 0. The molecular weight excluding hydrogens is 462 g/mol. The lowest BCUT2D eigenvalue weighted by atomic mass is 9.84. The molecule has 6 nitrogen and oxygen atoms in total. The number of ether oxygens (including phenoxy) is 1. The van der Waals surface area contributed by atoms with Gasteiger partial charge in [0.1, 0.15) is 11.6 Å². The Balaban J connectivity index is 1.59. The van der Waals surface area contributed by atoms with E-state index in [2.05, 4.69) is 12.1 Å². The number of fused-ring (bicyclic) bond motifs is 1. The van der Waals surface area contributed by atoms with Gasteiger partial charge in [-0.2, -0.15) is 0 Å². The van der Waals surface area contributed by atoms with E-state index in [1.165, 1.54) is 5.56 Å². The van der Waals surface area contributed by atoms with Gasteiger partial charge in [0.2, 0.25) is 5.91 Å². The maximum Gasteiger partial charge on any atom is 0.266 e. The van der Waals surface area contributed by atoms with Gasteiger partial charge in [-0.3, -0.25) is 14.2 Å². The van der Waals surface area contributed by atoms with Gasteiger partial charge in [-0.15, -0.1) is 0 Å². The van der Waals surface area contributed by atoms with Gasteiger partial charge >= 0.3 is 0 Å². The molecule has 1 aromatic heterocycles. The van der Waals surface area contributed by atoms with Crippen molar-refractivity contribution < 1.29 is 9.53 Å². The number of rotatable bonds is 9. The van der Waals surface area contributed by atoms with E-state index in [9.17, 15) is 9.59 Å². The Morgan fingerprint density at radius 3 is 2.41 bits per heavy atom. The molecule has 1 unspecified atom stereocenters. The van der Waals surface area contributed by atoms with Crippen LogP contribution in [0, 0.1) is 5.92 Å². The maximum atomic E-state index is 13.8. The molecule has 37 heavy (non-hydrogen) atoms. The molecule has 1 heterocycles. The van der Waals surface area contributed by atoms with E-state index in [1.54, 1.807) is 10.6 Å². The number of hydrogen-bond acceptors (Lipinski definition) is 4. The van der Waals surface area contributed by atoms with Gasteiger partial charge in [0.15, 0.2) is 0 Å². The van der Waals surface area contributed by atoms with Gasteiger partial charge in [-0.05, 0) is 75.1 Å². The van der Waals surface area contributed by atoms with E-state index < -0.39 is 0 Å². The SMILES string of the molecule is CCOc1ccc(-n2c(C(C)N(CCc3ccccc3)C(=O)C3CCC3)nc3ccccc3c2=O)cc1. The van der Waals surface area contributed by atoms with Gasteiger partial charge in [-0.25, -0.2) is 4.98 Å². The highest BCUT2D eigenvalue weighted by Gasteiger charge is 2.34. The van der Waals surface area contributed by atoms with Crippen LogP contribution in [0.25, 0.3) is 16.6 Å². The van der Waals surface area contributed by atoms with E-state index in [0.29, 0.717) is 35.6 Å². The van der Waals surface area contributed by atoms with Crippen LogP contribution < -0.4 is 10.3 Å². The third-order valence-corrected chi connectivity index (χ3v) is 7.27. The summed E-state index contributed by atoms with van der Waals surface area (Å²) in [4.78, 5) is 34.4. The predicted octanol–water partition coefficient (Wildman–Crippen LogP) is 5.72. The molecular formula is C31H33N3O3. The normalized spacial score (nSPS) is 14.2. The zero-order valence-electron chi connectivity index (χ0n) is 21.5. The third-order valence-electron chi connectivity index (χ3n) is 7.27. The van der Waals surface area contributed by atoms with Gasteiger partial charge < -0.3 is 9.64 Å². The second-order valence-corrected chi connectivity index (χ2v) is 9.63. The molecule has 0 aliphatic heterocycles. The molecule has 1 aliphatic carbocycles. The van der Waals surface area contributed by atoms with E-state index in [-0.39, 0.29) is 23.4 Å². The highest BCUT2D eigenvalue weighted by Crippen LogP contribution is 2.32. The molecule has 1 aliphatic rings. The minimum Gasteiger partial charge on any atom is -0.494 e. The van der Waals surface area contributed by atoms with Crippen LogP contribution >= 0.6 is 0 Å². The molecule has 190 valence electrons. The van der Waals surface area contributed by atoms with Crippen LogP contribution in [0.4, 0.5) is 0 Å². The number of nitrogens with zero attached hydrogens (tertiary/aromatic N) is 3. The number of carbonyl (C=O) groups excluding carboxylic acids is 1. The minimum absolute atomic E-state index is 0.0457. The van der Waals surface area contributed by atoms with Gasteiger partial charge in [0, 0.05) is 12.5 Å². The van der Waals surface area contributed by atoms with Crippen LogP contribution in [0.3, 0.4) is 0 Å². The Morgan fingerprint density at radius 2 is 1.73 bits per heavy atom. The molecule has 5 rings (SSSR count). The Bertz CT molecular complexity index is 1430. The Morgan fingerprint density at radius 1 is 1.03 bits per heavy atom. The molecule has 4 aromatic rings. The molecule has 0 bridgehead atoms. The van der Waals surface area contributed by atoms with E-state index in [0.717, 1.165) is 31.4 Å². The fourth-order valence-corrected chi connectivity index (χ4v) is 4.96. The van der Waals surface area contributed by atoms with Crippen molar-refractivity contribution in [3.63, 3.8) is 0 Å². The zero-order valence-corrected chi connectivity index (χ0v) is 21.5. The predicted molar refractivity (Wildman–Crippen MR) is 146 cm³/mol. The van der Waals surface area contributed by atoms with Crippen molar-refractivity contribution in [1.29, 1.82) is 0 Å². The van der Waals surface area contributed by atoms with Crippen LogP contribution in [-0.2, 0) is 11.2 Å². The van der Waals surface area contributed by atoms with E-state index in [1.807, 2.05) is 79.4 Å². The zero-order chi connectivity index (χ0) is 25.8. The van der Waals surface area contributed by atoms with Crippen molar-refractivity contribution in [2.24, 2.45) is 5.92 Å². The first-order valence-corrected chi connectivity index (χ1v) is 13.2. The molecule has 1 amide bonds. The van der Waals surface area contributed by atoms with Crippen LogP contribution in [0.1, 0.15) is 50.5 Å². The summed E-state index contributed by atoms with van der Waals surface area (Å²) in [6.45, 7) is 5.06. The van der Waals surface area contributed by atoms with Crippen molar-refractivity contribution in [3.05, 3.63) is 101 Å². The summed E-state index contributed by atoms with van der Waals surface area (Å²) in [5.41, 5.74) is 2.37. The van der Waals surface area contributed by atoms with Gasteiger partial charge in [0.05, 0.1) is 29.2 Å². The molecule has 0 spiro atoms. The second-order valence-electron chi connectivity index (χ2n) is 9.63. The smallest absolute Gasteiger partial charge is 0.266 e. The topological polar surface area (TPSA) is 64.4 Å². The number of amides is 1. The van der Waals surface area contributed by atoms with Gasteiger partial charge in [0.25, 0.3) is 5.56 Å². The first-order chi connectivity index (χ1) is 18.1. The summed E-state index contributed by atoms with van der Waals surface area (Å²) >= 11 is 0. The van der Waals surface area contributed by atoms with Crippen molar-refractivity contribution in [2.75, 3.05) is 13.2 Å². The summed E-state index contributed by atoms with van der Waals surface area (Å²) in [6.07, 6.45) is 3.67. The Labute approximate surface area is 217 Å². The second kappa shape index (κ2) is 11.0. The molecule has 0 radical (unpaired) electrons. The monoisotopic (exact) mass is 495 g/mol. The highest BCUT2D eigenvalue weighted by atomic mass is 16.5.